The maximum atomic E-state index is 14.7. The average molecular weight is 974 g/mol. The maximum Gasteiger partial charge on any atom is 0.354 e. The minimum atomic E-state index is -3.87. The van der Waals surface area contributed by atoms with Gasteiger partial charge in [0.15, 0.2) is 23.0 Å². The molecule has 0 aliphatic carbocycles. The van der Waals surface area contributed by atoms with Crippen molar-refractivity contribution in [3.05, 3.63) is 105 Å². The number of carboxylic acid groups (broad SMARTS) is 1. The number of fused-ring (bicyclic) bond motifs is 4. The van der Waals surface area contributed by atoms with Crippen molar-refractivity contribution in [1.82, 2.24) is 10.3 Å². The normalized spacial score (nSPS) is 32.3. The van der Waals surface area contributed by atoms with Crippen LogP contribution in [0.25, 0.3) is 22.3 Å². The Hall–Kier alpha value is -6.79. The highest BCUT2D eigenvalue weighted by molar-refractivity contribution is 5.90. The number of aliphatic hydroxyl groups excluding tert-OH is 6. The Kier molecular flexibility index (Phi) is 11.9. The first-order chi connectivity index (χ1) is 33.1. The molecule has 11 atom stereocenters. The SMILES string of the molecule is CCC1=CC([C@H]2C=C(Cc3ccc[nH]3)[C@]3(Oc4cc5oc(-c6cc(O)c(O)c(CCO)c6)cc(=O)c5c(O)c42)O[C@@]2(CC#C[C@]4(C(=O)O)O[C@H](OC2=O)[C@H](O)[C@@H](O)C4(O)O)[C@@H](O)[C@H](O)[C@H]3O)=CNC1N. The molecule has 0 radical (unpaired) electrons. The van der Waals surface area contributed by atoms with Crippen molar-refractivity contribution in [2.24, 2.45) is 5.73 Å². The number of rotatable bonds is 8. The molecule has 7 heterocycles. The number of aliphatic hydroxyl groups is 8. The van der Waals surface area contributed by atoms with Crippen molar-refractivity contribution in [3.8, 4) is 46.2 Å². The number of aliphatic carboxylic acids is 1. The number of carbonyl (C=O) groups is 2. The van der Waals surface area contributed by atoms with Gasteiger partial charge in [-0.05, 0) is 54.2 Å². The van der Waals surface area contributed by atoms with E-state index < -0.39 is 130 Å². The van der Waals surface area contributed by atoms with Crippen LogP contribution >= 0.6 is 0 Å². The Labute approximate surface area is 394 Å². The molecule has 2 aromatic heterocycles. The summed E-state index contributed by atoms with van der Waals surface area (Å²) in [5, 5.41) is 136. The van der Waals surface area contributed by atoms with Crippen LogP contribution in [0.2, 0.25) is 0 Å². The molecule has 9 rings (SSSR count). The third kappa shape index (κ3) is 7.23. The van der Waals surface area contributed by atoms with Crippen LogP contribution in [0, 0.1) is 11.8 Å². The van der Waals surface area contributed by atoms with E-state index in [1.165, 1.54) is 18.3 Å². The molecule has 2 fully saturated rings. The number of benzene rings is 2. The molecule has 0 saturated carbocycles. The lowest BCUT2D eigenvalue weighted by atomic mass is 9.77. The fourth-order valence-electron chi connectivity index (χ4n) is 9.53. The van der Waals surface area contributed by atoms with Crippen LogP contribution in [0.1, 0.15) is 42.5 Å². The number of H-pyrrole nitrogens is 1. The van der Waals surface area contributed by atoms with E-state index in [-0.39, 0.29) is 46.4 Å². The van der Waals surface area contributed by atoms with Gasteiger partial charge < -0.3 is 101 Å². The van der Waals surface area contributed by atoms with E-state index in [4.69, 9.17) is 29.1 Å². The highest BCUT2D eigenvalue weighted by atomic mass is 16.8. The van der Waals surface area contributed by atoms with Gasteiger partial charge in [0.1, 0.15) is 52.6 Å². The summed E-state index contributed by atoms with van der Waals surface area (Å²) in [5.41, 5.74) is -0.251. The summed E-state index contributed by atoms with van der Waals surface area (Å²) in [6.07, 6.45) is -11.1. The summed E-state index contributed by atoms with van der Waals surface area (Å²) >= 11 is 0. The van der Waals surface area contributed by atoms with E-state index in [2.05, 4.69) is 16.2 Å². The number of dihydropyridines is 1. The van der Waals surface area contributed by atoms with Gasteiger partial charge in [-0.3, -0.25) is 4.79 Å². The molecular weight excluding hydrogens is 927 g/mol. The monoisotopic (exact) mass is 973 g/mol. The molecule has 2 saturated heterocycles. The van der Waals surface area contributed by atoms with Crippen LogP contribution < -0.4 is 21.2 Å². The van der Waals surface area contributed by atoms with E-state index in [1.54, 1.807) is 24.4 Å². The van der Waals surface area contributed by atoms with E-state index in [0.29, 0.717) is 23.3 Å². The predicted molar refractivity (Wildman–Crippen MR) is 235 cm³/mol. The summed E-state index contributed by atoms with van der Waals surface area (Å²) < 4.78 is 30.1. The predicted octanol–water partition coefficient (Wildman–Crippen LogP) is -1.73. The zero-order chi connectivity index (χ0) is 50.4. The van der Waals surface area contributed by atoms with E-state index >= 15 is 0 Å². The van der Waals surface area contributed by atoms with Gasteiger partial charge >= 0.3 is 11.9 Å². The van der Waals surface area contributed by atoms with Gasteiger partial charge in [0.05, 0.1) is 12.6 Å². The fourth-order valence-corrected chi connectivity index (χ4v) is 9.53. The number of aromatic amines is 1. The van der Waals surface area contributed by atoms with Gasteiger partial charge in [-0.1, -0.05) is 25.0 Å². The Morgan fingerprint density at radius 2 is 1.74 bits per heavy atom. The number of ether oxygens (including phenoxy) is 4. The molecule has 0 amide bonds. The van der Waals surface area contributed by atoms with Crippen molar-refractivity contribution in [3.63, 3.8) is 0 Å². The zero-order valence-corrected chi connectivity index (χ0v) is 36.6. The van der Waals surface area contributed by atoms with Gasteiger partial charge in [-0.2, -0.15) is 0 Å². The number of aromatic nitrogens is 1. The highest BCUT2D eigenvalue weighted by Gasteiger charge is 2.72. The van der Waals surface area contributed by atoms with Gasteiger partial charge in [-0.15, -0.1) is 0 Å². The standard InChI is InChI=1S/C47H47N3O20/c1-2-19-11-22(18-50-40(19)48)25-15-23(14-24-5-3-9-49-24)46(68-30-17-29-32(34(55)31(25)30)26(52)16-28(66-29)21-12-20(6-10-51)33(54)27(53)13-21)38(59)35(56)37(58)44(70-46)7-4-8-45(42(61)62)47(64,65)39(60)36(57)41(69-45)67-43(44)63/h3,5,9,11-13,15-18,25,35-41,49-51,53-60,64-65H,2,6-7,10,14,48H2,1H3,(H,61,62)/t25-,35+,36-,37+,38-,39-,40?,41+,44+,45-,46+/m1/s1. The molecule has 4 aromatic rings. The number of phenols is 3. The summed E-state index contributed by atoms with van der Waals surface area (Å²) in [4.78, 5) is 44.7. The van der Waals surface area contributed by atoms with E-state index in [1.807, 2.05) is 12.8 Å². The van der Waals surface area contributed by atoms with Crippen LogP contribution in [0.15, 0.2) is 86.9 Å². The quantitative estimate of drug-likeness (QED) is 0.0307. The number of nitrogens with two attached hydrogens (primary N) is 1. The van der Waals surface area contributed by atoms with Gasteiger partial charge in [0.2, 0.25) is 17.7 Å². The minimum Gasteiger partial charge on any atom is -0.507 e. The Morgan fingerprint density at radius 1 is 0.986 bits per heavy atom. The van der Waals surface area contributed by atoms with E-state index in [0.717, 1.165) is 18.2 Å². The van der Waals surface area contributed by atoms with Crippen molar-refractivity contribution in [2.45, 2.75) is 104 Å². The summed E-state index contributed by atoms with van der Waals surface area (Å²) in [5.74, 6) is -10.4. The molecule has 2 bridgehead atoms. The zero-order valence-electron chi connectivity index (χ0n) is 36.6. The number of aromatic hydroxyl groups is 3. The number of carboxylic acids is 1. The molecule has 2 aromatic carbocycles. The Balaban J connectivity index is 1.31. The molecule has 23 nitrogen and oxygen atoms in total. The molecule has 5 aliphatic rings. The number of carbonyl (C=O) groups excluding carboxylic acids is 1. The number of allylic oxidation sites excluding steroid dienone is 3. The summed E-state index contributed by atoms with van der Waals surface area (Å²) in [6, 6.07) is 7.81. The first-order valence-corrected chi connectivity index (χ1v) is 21.8. The number of esters is 1. The second-order valence-corrected chi connectivity index (χ2v) is 17.5. The Bertz CT molecular complexity index is 3020. The third-order valence-corrected chi connectivity index (χ3v) is 13.4. The van der Waals surface area contributed by atoms with Crippen LogP contribution in [0.5, 0.6) is 23.0 Å². The van der Waals surface area contributed by atoms with Gasteiger partial charge in [-0.25, -0.2) is 9.59 Å². The van der Waals surface area contributed by atoms with Crippen LogP contribution in [-0.4, -0.2) is 151 Å². The molecule has 370 valence electrons. The second-order valence-electron chi connectivity index (χ2n) is 17.5. The highest BCUT2D eigenvalue weighted by Crippen LogP contribution is 2.54. The smallest absolute Gasteiger partial charge is 0.354 e. The van der Waals surface area contributed by atoms with Gasteiger partial charge in [0.25, 0.3) is 11.4 Å². The average Bonchev–Trinajstić information content (AvgIpc) is 3.81. The molecule has 70 heavy (non-hydrogen) atoms. The van der Waals surface area contributed by atoms with Crippen molar-refractivity contribution < 1.29 is 94.2 Å². The number of phenolic OH excluding ortho intramolecular Hbond substituents is 3. The fraction of sp³-hybridized carbons (Fsp3) is 0.383. The van der Waals surface area contributed by atoms with Crippen molar-refractivity contribution in [2.75, 3.05) is 6.61 Å². The lowest BCUT2D eigenvalue weighted by molar-refractivity contribution is -0.394. The molecule has 5 aliphatic heterocycles. The molecular formula is C47H47N3O20. The number of nitrogens with one attached hydrogen (secondary N) is 2. The van der Waals surface area contributed by atoms with Crippen LogP contribution in [0.4, 0.5) is 0 Å². The minimum absolute atomic E-state index is 0.0460. The number of hydrogen-bond donors (Lipinski definition) is 15. The number of hydrogen-bond acceptors (Lipinski definition) is 21. The second kappa shape index (κ2) is 17.3. The van der Waals surface area contributed by atoms with Gasteiger partial charge in [0, 0.05) is 71.4 Å². The molecule has 23 heteroatoms. The first kappa shape index (κ1) is 48.2. The largest absolute Gasteiger partial charge is 0.507 e. The molecule has 1 unspecified atom stereocenters. The lowest BCUT2D eigenvalue weighted by Crippen LogP contribution is -2.76. The summed E-state index contributed by atoms with van der Waals surface area (Å²) in [7, 11) is 0. The molecule has 16 N–H and O–H groups in total. The van der Waals surface area contributed by atoms with Crippen LogP contribution in [0.3, 0.4) is 0 Å². The van der Waals surface area contributed by atoms with E-state index in [9.17, 15) is 75.7 Å². The lowest BCUT2D eigenvalue weighted by Gasteiger charge is -2.53. The maximum absolute atomic E-state index is 14.7. The Morgan fingerprint density at radius 3 is 2.43 bits per heavy atom. The van der Waals surface area contributed by atoms with Crippen molar-refractivity contribution >= 4 is 22.9 Å². The molecule has 2 spiro atoms. The van der Waals surface area contributed by atoms with Crippen LogP contribution in [-0.2, 0) is 36.6 Å². The third-order valence-electron chi connectivity index (χ3n) is 13.4. The first-order valence-electron chi connectivity index (χ1n) is 21.8. The topological polar surface area (TPSA) is 398 Å². The van der Waals surface area contributed by atoms with Crippen molar-refractivity contribution in [1.29, 1.82) is 0 Å². The summed E-state index contributed by atoms with van der Waals surface area (Å²) in [6.45, 7) is 1.41.